The first-order chi connectivity index (χ1) is 16.0. The molecule has 13 heteroatoms. The van der Waals surface area contributed by atoms with Crippen LogP contribution in [-0.4, -0.2) is 59.6 Å². The number of carboxylic acid groups (broad SMARTS) is 1. The highest BCUT2D eigenvalue weighted by Crippen LogP contribution is 2.41. The second kappa shape index (κ2) is 8.95. The Morgan fingerprint density at radius 2 is 1.94 bits per heavy atom. The number of aromatic nitrogens is 5. The Balaban J connectivity index is 0.000000344. The molecule has 3 aromatic rings. The maximum atomic E-state index is 13.0. The normalized spacial score (nSPS) is 19.8. The van der Waals surface area contributed by atoms with Crippen molar-refractivity contribution >= 4 is 17.3 Å². The van der Waals surface area contributed by atoms with Crippen LogP contribution in [0.5, 0.6) is 0 Å². The first-order valence-corrected chi connectivity index (χ1v) is 11.4. The summed E-state index contributed by atoms with van der Waals surface area (Å²) in [5.74, 6) is -1.33. The molecule has 5 rings (SSSR count). The van der Waals surface area contributed by atoms with Crippen LogP contribution < -0.4 is 5.56 Å². The zero-order valence-electron chi connectivity index (χ0n) is 18.5. The third kappa shape index (κ3) is 4.62. The van der Waals surface area contributed by atoms with Crippen LogP contribution in [0.2, 0.25) is 0 Å². The lowest BCUT2D eigenvalue weighted by Crippen LogP contribution is -2.33. The Morgan fingerprint density at radius 1 is 1.24 bits per heavy atom. The number of fused-ring (bicyclic) bond motifs is 2. The van der Waals surface area contributed by atoms with Gasteiger partial charge in [0.05, 0.1) is 0 Å². The van der Waals surface area contributed by atoms with Crippen LogP contribution in [0.3, 0.4) is 0 Å². The first-order valence-electron chi connectivity index (χ1n) is 10.5. The van der Waals surface area contributed by atoms with E-state index in [4.69, 9.17) is 9.90 Å². The molecule has 5 heterocycles. The van der Waals surface area contributed by atoms with Gasteiger partial charge in [0, 0.05) is 54.2 Å². The van der Waals surface area contributed by atoms with Gasteiger partial charge in [-0.05, 0) is 38.4 Å². The van der Waals surface area contributed by atoms with Gasteiger partial charge in [0.1, 0.15) is 5.82 Å². The number of thiophene rings is 1. The summed E-state index contributed by atoms with van der Waals surface area (Å²) < 4.78 is 35.4. The van der Waals surface area contributed by atoms with Crippen molar-refractivity contribution in [3.63, 3.8) is 0 Å². The van der Waals surface area contributed by atoms with Crippen molar-refractivity contribution < 1.29 is 23.1 Å². The second-order valence-electron chi connectivity index (χ2n) is 8.50. The van der Waals surface area contributed by atoms with Crippen LogP contribution >= 0.6 is 11.3 Å². The molecular formula is C21H23F3N6O3S. The fourth-order valence-electron chi connectivity index (χ4n) is 4.46. The van der Waals surface area contributed by atoms with E-state index < -0.39 is 12.1 Å². The number of likely N-dealkylation sites (tertiary alicyclic amines) is 1. The Morgan fingerprint density at radius 3 is 2.53 bits per heavy atom. The zero-order valence-corrected chi connectivity index (χ0v) is 19.4. The first kappa shape index (κ1) is 24.1. The van der Waals surface area contributed by atoms with Gasteiger partial charge in [0.2, 0.25) is 0 Å². The molecule has 9 nitrogen and oxygen atoms in total. The number of halogens is 3. The summed E-state index contributed by atoms with van der Waals surface area (Å²) in [5.41, 5.74) is 0.226. The minimum absolute atomic E-state index is 0.0430. The summed E-state index contributed by atoms with van der Waals surface area (Å²) in [5, 5.41) is 16.0. The summed E-state index contributed by atoms with van der Waals surface area (Å²) in [6, 6.07) is 4.40. The SMILES string of the molecule is Cc1ccc(CN2CCC3(CCn4c3nnc(-c3nccn3C)c4=O)C2)s1.O=C(O)C(F)(F)F. The van der Waals surface area contributed by atoms with E-state index in [1.165, 1.54) is 9.75 Å². The van der Waals surface area contributed by atoms with Crippen molar-refractivity contribution in [1.82, 2.24) is 29.2 Å². The Hall–Kier alpha value is -3.06. The van der Waals surface area contributed by atoms with E-state index in [-0.39, 0.29) is 11.0 Å². The number of nitrogens with zero attached hydrogens (tertiary/aromatic N) is 6. The molecule has 0 aromatic carbocycles. The van der Waals surface area contributed by atoms with Gasteiger partial charge < -0.3 is 9.67 Å². The monoisotopic (exact) mass is 496 g/mol. The molecule has 1 atom stereocenters. The highest BCUT2D eigenvalue weighted by atomic mass is 32.1. The van der Waals surface area contributed by atoms with Gasteiger partial charge in [-0.2, -0.15) is 13.2 Å². The number of alkyl halides is 3. The van der Waals surface area contributed by atoms with Gasteiger partial charge in [-0.15, -0.1) is 21.5 Å². The summed E-state index contributed by atoms with van der Waals surface area (Å²) in [4.78, 5) is 31.4. The molecular weight excluding hydrogens is 473 g/mol. The third-order valence-electron chi connectivity index (χ3n) is 6.12. The summed E-state index contributed by atoms with van der Waals surface area (Å²) in [6.45, 7) is 5.82. The fraction of sp³-hybridized carbons (Fsp3) is 0.476. The maximum Gasteiger partial charge on any atom is 0.490 e. The molecule has 1 spiro atoms. The van der Waals surface area contributed by atoms with Crippen molar-refractivity contribution in [2.45, 2.75) is 44.4 Å². The summed E-state index contributed by atoms with van der Waals surface area (Å²) >= 11 is 1.86. The molecule has 1 unspecified atom stereocenters. The predicted molar refractivity (Wildman–Crippen MR) is 117 cm³/mol. The molecule has 0 amide bonds. The molecule has 34 heavy (non-hydrogen) atoms. The average Bonchev–Trinajstić information content (AvgIpc) is 3.54. The van der Waals surface area contributed by atoms with Crippen LogP contribution in [0.25, 0.3) is 11.5 Å². The Bertz CT molecular complexity index is 1270. The average molecular weight is 497 g/mol. The smallest absolute Gasteiger partial charge is 0.475 e. The van der Waals surface area contributed by atoms with Crippen molar-refractivity contribution in [2.24, 2.45) is 7.05 Å². The molecule has 1 fully saturated rings. The van der Waals surface area contributed by atoms with Crippen molar-refractivity contribution in [3.8, 4) is 11.5 Å². The van der Waals surface area contributed by atoms with E-state index in [1.54, 1.807) is 6.20 Å². The lowest BCUT2D eigenvalue weighted by atomic mass is 9.85. The van der Waals surface area contributed by atoms with Crippen LogP contribution in [0.1, 0.15) is 28.4 Å². The molecule has 0 saturated carbocycles. The van der Waals surface area contributed by atoms with E-state index in [2.05, 4.69) is 39.1 Å². The van der Waals surface area contributed by atoms with Gasteiger partial charge in [-0.1, -0.05) is 0 Å². The third-order valence-corrected chi connectivity index (χ3v) is 7.11. The van der Waals surface area contributed by atoms with Crippen LogP contribution in [-0.2, 0) is 30.3 Å². The Labute approximate surface area is 196 Å². The number of rotatable bonds is 3. The molecule has 0 radical (unpaired) electrons. The molecule has 2 aliphatic rings. The van der Waals surface area contributed by atoms with Gasteiger partial charge in [-0.3, -0.25) is 14.3 Å². The van der Waals surface area contributed by atoms with Crippen molar-refractivity contribution in [2.75, 3.05) is 13.1 Å². The maximum absolute atomic E-state index is 13.0. The molecule has 2 aliphatic heterocycles. The van der Waals surface area contributed by atoms with Gasteiger partial charge in [0.25, 0.3) is 5.56 Å². The Kier molecular flexibility index (Phi) is 6.34. The number of aryl methyl sites for hydroxylation is 2. The topological polar surface area (TPSA) is 106 Å². The molecule has 0 bridgehead atoms. The van der Waals surface area contributed by atoms with E-state index in [9.17, 15) is 18.0 Å². The van der Waals surface area contributed by atoms with Crippen LogP contribution in [0.4, 0.5) is 13.2 Å². The summed E-state index contributed by atoms with van der Waals surface area (Å²) in [7, 11) is 1.87. The molecule has 1 N–H and O–H groups in total. The number of aliphatic carboxylic acids is 1. The van der Waals surface area contributed by atoms with Gasteiger partial charge in [-0.25, -0.2) is 9.78 Å². The number of hydrogen-bond acceptors (Lipinski definition) is 7. The molecule has 0 aliphatic carbocycles. The van der Waals surface area contributed by atoms with Crippen LogP contribution in [0, 0.1) is 6.92 Å². The number of imidazole rings is 1. The number of carboxylic acids is 1. The van der Waals surface area contributed by atoms with Gasteiger partial charge in [0.15, 0.2) is 11.5 Å². The highest BCUT2D eigenvalue weighted by Gasteiger charge is 2.47. The van der Waals surface area contributed by atoms with Crippen molar-refractivity contribution in [1.29, 1.82) is 0 Å². The molecule has 3 aromatic heterocycles. The zero-order chi connectivity index (χ0) is 24.7. The predicted octanol–water partition coefficient (Wildman–Crippen LogP) is 2.59. The van der Waals surface area contributed by atoms with E-state index >= 15 is 0 Å². The minimum atomic E-state index is -5.08. The lowest BCUT2D eigenvalue weighted by Gasteiger charge is -2.22. The highest BCUT2D eigenvalue weighted by molar-refractivity contribution is 7.11. The fourth-order valence-corrected chi connectivity index (χ4v) is 5.39. The molecule has 182 valence electrons. The van der Waals surface area contributed by atoms with E-state index in [0.717, 1.165) is 38.3 Å². The molecule has 1 saturated heterocycles. The number of hydrogen-bond donors (Lipinski definition) is 1. The van der Waals surface area contributed by atoms with Gasteiger partial charge >= 0.3 is 12.1 Å². The van der Waals surface area contributed by atoms with Crippen LogP contribution in [0.15, 0.2) is 29.3 Å². The minimum Gasteiger partial charge on any atom is -0.475 e. The van der Waals surface area contributed by atoms with E-state index in [0.29, 0.717) is 18.1 Å². The second-order valence-corrected chi connectivity index (χ2v) is 9.87. The summed E-state index contributed by atoms with van der Waals surface area (Å²) in [6.07, 6.45) is 0.405. The largest absolute Gasteiger partial charge is 0.490 e. The number of carbonyl (C=O) groups is 1. The standard InChI is InChI=1S/C19H22N6OS.C2HF3O2/c1-13-3-4-14(27-13)11-24-8-5-19(12-24)6-9-25-17(26)15(21-22-18(19)25)16-20-7-10-23(16)2;3-2(4,5)1(6)7/h3-4,7,10H,5-6,8-9,11-12H2,1-2H3;(H,6,7). The van der Waals surface area contributed by atoms with Crippen molar-refractivity contribution in [3.05, 3.63) is 50.5 Å². The lowest BCUT2D eigenvalue weighted by molar-refractivity contribution is -0.192. The van der Waals surface area contributed by atoms with E-state index in [1.807, 2.05) is 33.7 Å². The quantitative estimate of drug-likeness (QED) is 0.594.